The summed E-state index contributed by atoms with van der Waals surface area (Å²) in [5, 5.41) is 4.68. The maximum absolute atomic E-state index is 6.46. The van der Waals surface area contributed by atoms with Gasteiger partial charge in [0, 0.05) is 30.8 Å². The van der Waals surface area contributed by atoms with E-state index in [0.717, 1.165) is 54.5 Å². The zero-order valence-electron chi connectivity index (χ0n) is 22.1. The Labute approximate surface area is 219 Å². The summed E-state index contributed by atoms with van der Waals surface area (Å²) in [6.07, 6.45) is 11.4. The molecule has 37 heavy (non-hydrogen) atoms. The molecule has 1 aromatic heterocycles. The van der Waals surface area contributed by atoms with Gasteiger partial charge in [-0.25, -0.2) is 9.98 Å². The Morgan fingerprint density at radius 1 is 1.19 bits per heavy atom. The van der Waals surface area contributed by atoms with Crippen LogP contribution in [0, 0.1) is 11.8 Å². The van der Waals surface area contributed by atoms with E-state index in [0.29, 0.717) is 5.92 Å². The summed E-state index contributed by atoms with van der Waals surface area (Å²) in [6.45, 7) is 9.23. The predicted molar refractivity (Wildman–Crippen MR) is 149 cm³/mol. The van der Waals surface area contributed by atoms with Crippen LogP contribution in [0.3, 0.4) is 0 Å². The predicted octanol–water partition coefficient (Wildman–Crippen LogP) is 5.34. The van der Waals surface area contributed by atoms with Gasteiger partial charge in [-0.15, -0.1) is 0 Å². The Bertz CT molecular complexity index is 1280. The fourth-order valence-electron chi connectivity index (χ4n) is 5.96. The molecule has 0 unspecified atom stereocenters. The summed E-state index contributed by atoms with van der Waals surface area (Å²) < 4.78 is 12.9. The maximum atomic E-state index is 6.46. The highest BCUT2D eigenvalue weighted by molar-refractivity contribution is 6.06. The number of aliphatic imine (C=N–C) groups is 2. The molecule has 0 amide bonds. The van der Waals surface area contributed by atoms with Crippen LogP contribution in [0.1, 0.15) is 45.1 Å². The lowest BCUT2D eigenvalue weighted by atomic mass is 9.95. The van der Waals surface area contributed by atoms with Gasteiger partial charge in [-0.3, -0.25) is 4.99 Å². The van der Waals surface area contributed by atoms with Gasteiger partial charge >= 0.3 is 0 Å². The van der Waals surface area contributed by atoms with E-state index in [1.807, 2.05) is 19.9 Å². The summed E-state index contributed by atoms with van der Waals surface area (Å²) in [4.78, 5) is 15.7. The first-order valence-corrected chi connectivity index (χ1v) is 13.5. The van der Waals surface area contributed by atoms with Gasteiger partial charge in [0.15, 0.2) is 5.79 Å². The van der Waals surface area contributed by atoms with Crippen molar-refractivity contribution in [3.8, 4) is 0 Å². The Kier molecular flexibility index (Phi) is 6.37. The molecule has 4 aliphatic rings. The molecule has 7 nitrogen and oxygen atoms in total. The van der Waals surface area contributed by atoms with Crippen molar-refractivity contribution in [2.24, 2.45) is 21.8 Å². The van der Waals surface area contributed by atoms with Crippen molar-refractivity contribution in [1.82, 2.24) is 9.88 Å². The number of pyridine rings is 1. The smallest absolute Gasteiger partial charge is 0.163 e. The highest BCUT2D eigenvalue weighted by atomic mass is 16.8. The lowest BCUT2D eigenvalue weighted by Gasteiger charge is -2.30. The average Bonchev–Trinajstić information content (AvgIpc) is 3.46. The Morgan fingerprint density at radius 2 is 2.00 bits per heavy atom. The van der Waals surface area contributed by atoms with Gasteiger partial charge in [-0.1, -0.05) is 18.7 Å². The van der Waals surface area contributed by atoms with Crippen LogP contribution >= 0.6 is 0 Å². The van der Waals surface area contributed by atoms with Gasteiger partial charge in [-0.05, 0) is 87.6 Å². The molecule has 0 bridgehead atoms. The Morgan fingerprint density at radius 3 is 2.81 bits per heavy atom. The van der Waals surface area contributed by atoms with Crippen LogP contribution in [0.25, 0.3) is 10.9 Å². The van der Waals surface area contributed by atoms with Gasteiger partial charge in [-0.2, -0.15) is 0 Å². The van der Waals surface area contributed by atoms with Crippen LogP contribution in [0.15, 0.2) is 64.7 Å². The zero-order valence-corrected chi connectivity index (χ0v) is 22.1. The number of hydrogen-bond acceptors (Lipinski definition) is 5. The molecule has 1 N–H and O–H groups in total. The first kappa shape index (κ1) is 24.3. The van der Waals surface area contributed by atoms with Gasteiger partial charge in [0.05, 0.1) is 17.7 Å². The van der Waals surface area contributed by atoms with E-state index in [1.54, 1.807) is 13.4 Å². The Balaban J connectivity index is 1.18. The fourth-order valence-corrected chi connectivity index (χ4v) is 5.96. The zero-order chi connectivity index (χ0) is 25.6. The topological polar surface area (TPSA) is 71.3 Å². The van der Waals surface area contributed by atoms with Gasteiger partial charge in [0.1, 0.15) is 24.1 Å². The molecule has 0 spiro atoms. The largest absolute Gasteiger partial charge is 0.370 e. The van der Waals surface area contributed by atoms with Crippen molar-refractivity contribution in [2.75, 3.05) is 18.9 Å². The minimum atomic E-state index is -0.592. The summed E-state index contributed by atoms with van der Waals surface area (Å²) >= 11 is 0. The summed E-state index contributed by atoms with van der Waals surface area (Å²) in [5.74, 6) is 2.44. The van der Waals surface area contributed by atoms with Crippen LogP contribution in [0.4, 0.5) is 5.82 Å². The van der Waals surface area contributed by atoms with Crippen LogP contribution < -0.4 is 5.32 Å². The van der Waals surface area contributed by atoms with Crippen LogP contribution in [-0.4, -0.2) is 59.7 Å². The number of ether oxygens (including phenoxy) is 2. The lowest BCUT2D eigenvalue weighted by molar-refractivity contribution is -0.160. The average molecular weight is 500 g/mol. The molecule has 2 aliphatic carbocycles. The molecule has 194 valence electrons. The summed E-state index contributed by atoms with van der Waals surface area (Å²) in [7, 11) is 1.73. The SMILES string of the molecule is C=C1C=CN([C@@H]2C[C@H](CCc3ccc4ccc(NCC5CC5)nc4c3)[C@H]3OC(C)(C)O[C@H]32)C1=NC=NC. The van der Waals surface area contributed by atoms with E-state index in [4.69, 9.17) is 14.5 Å². The number of aryl methyl sites for hydroxylation is 1. The molecule has 1 aromatic carbocycles. The molecule has 2 aromatic rings. The third kappa shape index (κ3) is 5.07. The molecule has 3 heterocycles. The number of hydrogen-bond donors (Lipinski definition) is 1. The molecular weight excluding hydrogens is 462 g/mol. The van der Waals surface area contributed by atoms with Gasteiger partial charge in [0.2, 0.25) is 0 Å². The molecule has 3 fully saturated rings. The van der Waals surface area contributed by atoms with Crippen LogP contribution in [0.2, 0.25) is 0 Å². The monoisotopic (exact) mass is 499 g/mol. The second-order valence-electron chi connectivity index (χ2n) is 11.3. The van der Waals surface area contributed by atoms with Crippen molar-refractivity contribution >= 4 is 28.9 Å². The first-order valence-electron chi connectivity index (χ1n) is 13.5. The fraction of sp³-hybridized carbons (Fsp3) is 0.500. The number of nitrogens with one attached hydrogen (secondary N) is 1. The van der Waals surface area contributed by atoms with Gasteiger partial charge in [0.25, 0.3) is 0 Å². The maximum Gasteiger partial charge on any atom is 0.163 e. The molecule has 0 radical (unpaired) electrons. The second kappa shape index (κ2) is 9.69. The highest BCUT2D eigenvalue weighted by Crippen LogP contribution is 2.46. The molecule has 6 rings (SSSR count). The van der Waals surface area contributed by atoms with E-state index < -0.39 is 5.79 Å². The second-order valence-corrected chi connectivity index (χ2v) is 11.3. The molecule has 7 heteroatoms. The van der Waals surface area contributed by atoms with E-state index in [9.17, 15) is 0 Å². The third-order valence-corrected chi connectivity index (χ3v) is 8.00. The Hall–Kier alpha value is -3.03. The van der Waals surface area contributed by atoms with Crippen molar-refractivity contribution in [3.05, 3.63) is 60.3 Å². The minimum Gasteiger partial charge on any atom is -0.370 e. The normalized spacial score (nSPS) is 29.8. The number of rotatable bonds is 8. The van der Waals surface area contributed by atoms with Crippen molar-refractivity contribution < 1.29 is 9.47 Å². The highest BCUT2D eigenvalue weighted by Gasteiger charge is 2.55. The number of fused-ring (bicyclic) bond motifs is 2. The number of aromatic nitrogens is 1. The molecule has 4 atom stereocenters. The summed E-state index contributed by atoms with van der Waals surface area (Å²) in [5.41, 5.74) is 3.27. The van der Waals surface area contributed by atoms with Crippen molar-refractivity contribution in [1.29, 1.82) is 0 Å². The number of anilines is 1. The lowest BCUT2D eigenvalue weighted by Crippen LogP contribution is -2.42. The molecule has 2 aliphatic heterocycles. The van der Waals surface area contributed by atoms with E-state index >= 15 is 0 Å². The first-order chi connectivity index (χ1) is 17.9. The number of amidine groups is 1. The van der Waals surface area contributed by atoms with Crippen molar-refractivity contribution in [3.63, 3.8) is 0 Å². The van der Waals surface area contributed by atoms with Crippen molar-refractivity contribution in [2.45, 2.75) is 70.0 Å². The minimum absolute atomic E-state index is 0.0160. The van der Waals surface area contributed by atoms with E-state index in [-0.39, 0.29) is 18.2 Å². The van der Waals surface area contributed by atoms with Crippen LogP contribution in [-0.2, 0) is 15.9 Å². The quantitative estimate of drug-likeness (QED) is 0.392. The number of nitrogens with zero attached hydrogens (tertiary/aromatic N) is 4. The number of benzene rings is 1. The molecule has 1 saturated heterocycles. The standard InChI is InChI=1S/C30H37N5O2/c1-19-13-14-35(29(19)33-18-31-4)25-16-23(27-28(25)37-30(2,3)36-27)10-8-20-7-9-22-11-12-26(34-24(22)15-20)32-17-21-5-6-21/h7,9,11-15,18,21,23,25,27-28H,1,5-6,8,10,16-17H2,2-4H3,(H,32,34)/t23-,25+,27+,28-/m0/s1. The van der Waals surface area contributed by atoms with E-state index in [1.165, 1.54) is 23.8 Å². The summed E-state index contributed by atoms with van der Waals surface area (Å²) in [6, 6.07) is 11.1. The van der Waals surface area contributed by atoms with Gasteiger partial charge < -0.3 is 19.7 Å². The molecular formula is C30H37N5O2. The van der Waals surface area contributed by atoms with E-state index in [2.05, 4.69) is 63.3 Å². The third-order valence-electron chi connectivity index (χ3n) is 8.00. The van der Waals surface area contributed by atoms with Crippen LogP contribution in [0.5, 0.6) is 0 Å². The molecule has 2 saturated carbocycles.